The van der Waals surface area contributed by atoms with Crippen molar-refractivity contribution in [3.8, 4) is 0 Å². The van der Waals surface area contributed by atoms with Crippen molar-refractivity contribution in [3.05, 3.63) is 49.6 Å². The van der Waals surface area contributed by atoms with Gasteiger partial charge >= 0.3 is 0 Å². The summed E-state index contributed by atoms with van der Waals surface area (Å²) in [7, 11) is 0. The van der Waals surface area contributed by atoms with Gasteiger partial charge in [0.25, 0.3) is 0 Å². The quantitative estimate of drug-likeness (QED) is 0.521. The fourth-order valence-electron chi connectivity index (χ4n) is 0.706. The molecule has 0 amide bonds. The van der Waals surface area contributed by atoms with E-state index in [0.29, 0.717) is 12.5 Å². The molecule has 74 valence electrons. The van der Waals surface area contributed by atoms with Gasteiger partial charge in [-0.1, -0.05) is 44.4 Å². The first-order valence-electron chi connectivity index (χ1n) is 4.40. The van der Waals surface area contributed by atoms with Crippen LogP contribution in [0.2, 0.25) is 0 Å². The molecule has 0 spiro atoms. The average Bonchev–Trinajstić information content (AvgIpc) is 2.14. The molecule has 0 aromatic heterocycles. The molecule has 1 atom stereocenters. The minimum atomic E-state index is 0.385. The van der Waals surface area contributed by atoms with Crippen molar-refractivity contribution < 1.29 is 0 Å². The third kappa shape index (κ3) is 8.83. The van der Waals surface area contributed by atoms with Crippen LogP contribution in [0.5, 0.6) is 0 Å². The zero-order valence-corrected chi connectivity index (χ0v) is 8.79. The number of hydrogen-bond acceptors (Lipinski definition) is 1. The average molecular weight is 179 g/mol. The van der Waals surface area contributed by atoms with Crippen molar-refractivity contribution in [1.29, 1.82) is 0 Å². The first-order chi connectivity index (χ1) is 6.17. The van der Waals surface area contributed by atoms with Crippen molar-refractivity contribution in [3.63, 3.8) is 0 Å². The fraction of sp³-hybridized carbons (Fsp3) is 0.333. The van der Waals surface area contributed by atoms with Gasteiger partial charge in [0, 0.05) is 0 Å². The lowest BCUT2D eigenvalue weighted by Gasteiger charge is -2.07. The van der Waals surface area contributed by atoms with E-state index < -0.39 is 0 Å². The van der Waals surface area contributed by atoms with Crippen LogP contribution >= 0.6 is 0 Å². The van der Waals surface area contributed by atoms with Crippen LogP contribution in [-0.2, 0) is 0 Å². The van der Waals surface area contributed by atoms with Gasteiger partial charge in [-0.3, -0.25) is 0 Å². The molecule has 0 aliphatic carbocycles. The zero-order valence-electron chi connectivity index (χ0n) is 8.79. The molecule has 1 heteroatoms. The Labute approximate surface area is 82.3 Å². The maximum Gasteiger partial charge on any atom is -0.00109 e. The maximum absolute atomic E-state index is 5.46. The minimum absolute atomic E-state index is 0.385. The van der Waals surface area contributed by atoms with E-state index in [-0.39, 0.29) is 0 Å². The molecular weight excluding hydrogens is 158 g/mol. The van der Waals surface area contributed by atoms with Gasteiger partial charge < -0.3 is 5.73 Å². The molecule has 0 aromatic rings. The molecule has 0 bridgehead atoms. The molecular formula is C12H21N. The van der Waals surface area contributed by atoms with Crippen LogP contribution in [0.25, 0.3) is 0 Å². The fourth-order valence-corrected chi connectivity index (χ4v) is 0.706. The topological polar surface area (TPSA) is 26.0 Å². The Morgan fingerprint density at radius 3 is 2.08 bits per heavy atom. The second-order valence-electron chi connectivity index (χ2n) is 2.65. The van der Waals surface area contributed by atoms with E-state index in [0.717, 1.165) is 5.57 Å². The Morgan fingerprint density at radius 1 is 1.38 bits per heavy atom. The van der Waals surface area contributed by atoms with Crippen LogP contribution in [0.1, 0.15) is 13.8 Å². The number of rotatable bonds is 4. The number of allylic oxidation sites excluding steroid dienone is 4. The molecule has 1 unspecified atom stereocenters. The van der Waals surface area contributed by atoms with Gasteiger partial charge in [-0.05, 0) is 25.0 Å². The molecule has 0 saturated carbocycles. The van der Waals surface area contributed by atoms with Gasteiger partial charge in [0.15, 0.2) is 0 Å². The monoisotopic (exact) mass is 179 g/mol. The smallest absolute Gasteiger partial charge is 0.00109 e. The molecule has 0 aromatic carbocycles. The molecule has 0 saturated heterocycles. The van der Waals surface area contributed by atoms with Crippen molar-refractivity contribution >= 4 is 0 Å². The summed E-state index contributed by atoms with van der Waals surface area (Å²) < 4.78 is 0. The summed E-state index contributed by atoms with van der Waals surface area (Å²) in [6.07, 6.45) is 7.26. The molecule has 1 nitrogen and oxygen atoms in total. The SMILES string of the molecule is C=C/C=C(\C=C)C(C)CN.C=CC. The van der Waals surface area contributed by atoms with Crippen LogP contribution in [-0.4, -0.2) is 6.54 Å². The molecule has 2 N–H and O–H groups in total. The van der Waals surface area contributed by atoms with Gasteiger partial charge in [-0.15, -0.1) is 6.58 Å². The third-order valence-corrected chi connectivity index (χ3v) is 1.47. The van der Waals surface area contributed by atoms with Crippen LogP contribution in [0.15, 0.2) is 49.6 Å². The Morgan fingerprint density at radius 2 is 1.85 bits per heavy atom. The zero-order chi connectivity index (χ0) is 10.7. The van der Waals surface area contributed by atoms with E-state index in [1.54, 1.807) is 12.2 Å². The van der Waals surface area contributed by atoms with Gasteiger partial charge in [0.2, 0.25) is 0 Å². The summed E-state index contributed by atoms with van der Waals surface area (Å²) in [6.45, 7) is 15.3. The molecule has 0 fully saturated rings. The standard InChI is InChI=1S/C9H15N.C3H6/c1-4-6-9(5-2)8(3)7-10;1-3-2/h4-6,8H,1-2,7,10H2,3H3;3H,1H2,2H3/b9-6+;. The normalized spacial score (nSPS) is 12.1. The van der Waals surface area contributed by atoms with E-state index in [1.807, 2.05) is 19.1 Å². The molecule has 0 radical (unpaired) electrons. The molecule has 0 aliphatic rings. The Kier molecular flexibility index (Phi) is 12.1. The van der Waals surface area contributed by atoms with Crippen LogP contribution in [0.3, 0.4) is 0 Å². The maximum atomic E-state index is 5.46. The number of nitrogens with two attached hydrogens (primary N) is 1. The van der Waals surface area contributed by atoms with Gasteiger partial charge in [0.05, 0.1) is 0 Å². The Hall–Kier alpha value is -1.08. The van der Waals surface area contributed by atoms with Crippen molar-refractivity contribution in [2.75, 3.05) is 6.54 Å². The second kappa shape index (κ2) is 10.9. The van der Waals surface area contributed by atoms with Crippen molar-refractivity contribution in [2.24, 2.45) is 11.7 Å². The lowest BCUT2D eigenvalue weighted by molar-refractivity contribution is 0.710. The van der Waals surface area contributed by atoms with Crippen LogP contribution in [0.4, 0.5) is 0 Å². The lowest BCUT2D eigenvalue weighted by atomic mass is 10.0. The third-order valence-electron chi connectivity index (χ3n) is 1.47. The van der Waals surface area contributed by atoms with E-state index in [1.165, 1.54) is 0 Å². The van der Waals surface area contributed by atoms with Crippen LogP contribution < -0.4 is 5.73 Å². The summed E-state index contributed by atoms with van der Waals surface area (Å²) in [5.41, 5.74) is 6.61. The van der Waals surface area contributed by atoms with Crippen molar-refractivity contribution in [1.82, 2.24) is 0 Å². The summed E-state index contributed by atoms with van der Waals surface area (Å²) in [6, 6.07) is 0. The van der Waals surface area contributed by atoms with E-state index in [2.05, 4.69) is 26.7 Å². The van der Waals surface area contributed by atoms with E-state index >= 15 is 0 Å². The van der Waals surface area contributed by atoms with Gasteiger partial charge in [-0.25, -0.2) is 0 Å². The van der Waals surface area contributed by atoms with Crippen molar-refractivity contribution in [2.45, 2.75) is 13.8 Å². The highest BCUT2D eigenvalue weighted by atomic mass is 14.5. The highest BCUT2D eigenvalue weighted by Crippen LogP contribution is 2.09. The Bertz CT molecular complexity index is 178. The minimum Gasteiger partial charge on any atom is -0.330 e. The lowest BCUT2D eigenvalue weighted by Crippen LogP contribution is -2.11. The highest BCUT2D eigenvalue weighted by Gasteiger charge is 1.99. The molecule has 13 heavy (non-hydrogen) atoms. The largest absolute Gasteiger partial charge is 0.330 e. The van der Waals surface area contributed by atoms with E-state index in [4.69, 9.17) is 5.73 Å². The highest BCUT2D eigenvalue weighted by molar-refractivity contribution is 5.23. The summed E-state index contributed by atoms with van der Waals surface area (Å²) >= 11 is 0. The molecule has 0 aliphatic heterocycles. The summed E-state index contributed by atoms with van der Waals surface area (Å²) in [4.78, 5) is 0. The second-order valence-corrected chi connectivity index (χ2v) is 2.65. The summed E-state index contributed by atoms with van der Waals surface area (Å²) in [5, 5.41) is 0. The first-order valence-corrected chi connectivity index (χ1v) is 4.40. The Balaban J connectivity index is 0. The molecule has 0 heterocycles. The summed E-state index contributed by atoms with van der Waals surface area (Å²) in [5.74, 6) is 0.385. The predicted octanol–water partition coefficient (Wildman–Crippen LogP) is 3.07. The predicted molar refractivity (Wildman–Crippen MR) is 62.6 cm³/mol. The van der Waals surface area contributed by atoms with Crippen LogP contribution in [0, 0.1) is 5.92 Å². The van der Waals surface area contributed by atoms with E-state index in [9.17, 15) is 0 Å². The first kappa shape index (κ1) is 14.4. The number of hydrogen-bond donors (Lipinski definition) is 1. The molecule has 0 rings (SSSR count). The van der Waals surface area contributed by atoms with Gasteiger partial charge in [0.1, 0.15) is 0 Å². The van der Waals surface area contributed by atoms with Gasteiger partial charge in [-0.2, -0.15) is 0 Å².